The molecular formula is C17H12F3N3O3S. The van der Waals surface area contributed by atoms with E-state index in [2.05, 4.69) is 15.4 Å². The van der Waals surface area contributed by atoms with E-state index in [4.69, 9.17) is 0 Å². The van der Waals surface area contributed by atoms with Crippen LogP contribution in [0.1, 0.15) is 11.6 Å². The number of rotatable bonds is 3. The van der Waals surface area contributed by atoms with Gasteiger partial charge in [0.1, 0.15) is 5.75 Å². The van der Waals surface area contributed by atoms with Gasteiger partial charge in [-0.2, -0.15) is 11.3 Å². The number of halogens is 3. The molecule has 0 saturated heterocycles. The van der Waals surface area contributed by atoms with Gasteiger partial charge in [-0.05, 0) is 46.7 Å². The number of hydrogen-bond acceptors (Lipinski definition) is 4. The van der Waals surface area contributed by atoms with Crippen molar-refractivity contribution in [1.29, 1.82) is 0 Å². The third-order valence-electron chi connectivity index (χ3n) is 4.20. The number of nitrogens with zero attached hydrogens (tertiary/aromatic N) is 1. The number of anilines is 1. The first-order valence-electron chi connectivity index (χ1n) is 7.82. The monoisotopic (exact) mass is 395 g/mol. The van der Waals surface area contributed by atoms with Crippen LogP contribution < -0.4 is 20.3 Å². The zero-order valence-electron chi connectivity index (χ0n) is 13.5. The van der Waals surface area contributed by atoms with Gasteiger partial charge in [-0.25, -0.2) is 4.79 Å². The summed E-state index contributed by atoms with van der Waals surface area (Å²) in [5.74, 6) is -0.695. The van der Waals surface area contributed by atoms with Crippen molar-refractivity contribution in [3.05, 3.63) is 57.9 Å². The highest BCUT2D eigenvalue weighted by molar-refractivity contribution is 7.08. The second-order valence-electron chi connectivity index (χ2n) is 5.91. The summed E-state index contributed by atoms with van der Waals surface area (Å²) in [5, 5.41) is 9.07. The Morgan fingerprint density at radius 3 is 2.52 bits per heavy atom. The minimum absolute atomic E-state index is 0.127. The summed E-state index contributed by atoms with van der Waals surface area (Å²) in [4.78, 5) is 26.3. The van der Waals surface area contributed by atoms with Crippen molar-refractivity contribution in [3.63, 3.8) is 0 Å². The highest BCUT2D eigenvalue weighted by Crippen LogP contribution is 2.36. The van der Waals surface area contributed by atoms with Crippen molar-refractivity contribution in [3.8, 4) is 5.75 Å². The summed E-state index contributed by atoms with van der Waals surface area (Å²) in [5.41, 5.74) is 2.10. The molecule has 2 aliphatic rings. The van der Waals surface area contributed by atoms with Crippen LogP contribution in [-0.4, -0.2) is 24.8 Å². The van der Waals surface area contributed by atoms with E-state index in [1.165, 1.54) is 28.4 Å². The molecular weight excluding hydrogens is 383 g/mol. The van der Waals surface area contributed by atoms with Gasteiger partial charge in [0.05, 0.1) is 23.9 Å². The molecule has 0 fully saturated rings. The Balaban J connectivity index is 1.60. The molecule has 0 bridgehead atoms. The Morgan fingerprint density at radius 1 is 1.15 bits per heavy atom. The Hall–Kier alpha value is -3.01. The fraction of sp³-hybridized carbons (Fsp3) is 0.176. The molecule has 4 rings (SSSR count). The highest BCUT2D eigenvalue weighted by atomic mass is 32.1. The van der Waals surface area contributed by atoms with E-state index in [0.29, 0.717) is 17.0 Å². The molecule has 2 aromatic rings. The number of carbonyl (C=O) groups excluding carboxylic acids is 2. The minimum Gasteiger partial charge on any atom is -0.406 e. The second kappa shape index (κ2) is 6.31. The summed E-state index contributed by atoms with van der Waals surface area (Å²) >= 11 is 1.45. The molecule has 2 N–H and O–H groups in total. The Bertz CT molecular complexity index is 923. The molecule has 0 unspecified atom stereocenters. The van der Waals surface area contributed by atoms with E-state index < -0.39 is 18.4 Å². The fourth-order valence-electron chi connectivity index (χ4n) is 3.10. The standard InChI is InChI=1S/C17H12F3N3O3S/c18-17(19,20)26-11-3-1-10(2-4-11)23-7-12-13(15(23)24)14(22-16(25)21-12)9-5-6-27-8-9/h1-6,8,14H,7H2,(H2,21,22,25)/t14-/m0/s1. The van der Waals surface area contributed by atoms with E-state index in [9.17, 15) is 22.8 Å². The number of carbonyl (C=O) groups is 2. The van der Waals surface area contributed by atoms with Gasteiger partial charge in [0.2, 0.25) is 0 Å². The lowest BCUT2D eigenvalue weighted by molar-refractivity contribution is -0.274. The van der Waals surface area contributed by atoms with Gasteiger partial charge < -0.3 is 20.3 Å². The van der Waals surface area contributed by atoms with Crippen LogP contribution in [0.4, 0.5) is 23.7 Å². The summed E-state index contributed by atoms with van der Waals surface area (Å²) < 4.78 is 40.7. The number of ether oxygens (including phenoxy) is 1. The van der Waals surface area contributed by atoms with Crippen molar-refractivity contribution < 1.29 is 27.5 Å². The normalized spacial score (nSPS) is 19.7. The lowest BCUT2D eigenvalue weighted by atomic mass is 9.99. The van der Waals surface area contributed by atoms with Crippen LogP contribution in [0.5, 0.6) is 5.75 Å². The molecule has 0 spiro atoms. The molecule has 0 aliphatic carbocycles. The third kappa shape index (κ3) is 3.35. The maximum atomic E-state index is 12.9. The quantitative estimate of drug-likeness (QED) is 0.838. The number of thiophene rings is 1. The van der Waals surface area contributed by atoms with Crippen LogP contribution in [-0.2, 0) is 4.79 Å². The molecule has 1 aromatic heterocycles. The van der Waals surface area contributed by atoms with Crippen molar-refractivity contribution in [2.24, 2.45) is 0 Å². The molecule has 0 radical (unpaired) electrons. The van der Waals surface area contributed by atoms with Gasteiger partial charge in [-0.3, -0.25) is 4.79 Å². The van der Waals surface area contributed by atoms with Crippen LogP contribution in [0.3, 0.4) is 0 Å². The molecule has 1 atom stereocenters. The predicted molar refractivity (Wildman–Crippen MR) is 91.2 cm³/mol. The summed E-state index contributed by atoms with van der Waals surface area (Å²) in [6.07, 6.45) is -4.78. The maximum absolute atomic E-state index is 12.9. The van der Waals surface area contributed by atoms with Gasteiger partial charge in [-0.15, -0.1) is 13.2 Å². The second-order valence-corrected chi connectivity index (χ2v) is 6.69. The molecule has 10 heteroatoms. The van der Waals surface area contributed by atoms with Crippen LogP contribution in [0, 0.1) is 0 Å². The predicted octanol–water partition coefficient (Wildman–Crippen LogP) is 3.30. The molecule has 6 nitrogen and oxygen atoms in total. The summed E-state index contributed by atoms with van der Waals surface area (Å²) in [6.45, 7) is 0.127. The minimum atomic E-state index is -4.78. The molecule has 0 saturated carbocycles. The number of urea groups is 1. The first-order valence-corrected chi connectivity index (χ1v) is 8.76. The van der Waals surface area contributed by atoms with E-state index in [-0.39, 0.29) is 18.2 Å². The number of alkyl halides is 3. The zero-order valence-corrected chi connectivity index (χ0v) is 14.4. The van der Waals surface area contributed by atoms with E-state index in [1.807, 2.05) is 16.8 Å². The lowest BCUT2D eigenvalue weighted by Gasteiger charge is -2.24. The van der Waals surface area contributed by atoms with Crippen molar-refractivity contribution >= 4 is 29.0 Å². The average molecular weight is 395 g/mol. The molecule has 140 valence electrons. The SMILES string of the molecule is O=C1NC2=C(C(=O)N(c3ccc(OC(F)(F)F)cc3)C2)[C@H](c2ccsc2)N1. The van der Waals surface area contributed by atoms with Crippen molar-refractivity contribution in [2.75, 3.05) is 11.4 Å². The summed E-state index contributed by atoms with van der Waals surface area (Å²) in [6, 6.07) is 5.86. The van der Waals surface area contributed by atoms with Gasteiger partial charge in [0.25, 0.3) is 5.91 Å². The molecule has 1 aromatic carbocycles. The van der Waals surface area contributed by atoms with Gasteiger partial charge in [0, 0.05) is 5.69 Å². The fourth-order valence-corrected chi connectivity index (χ4v) is 3.78. The van der Waals surface area contributed by atoms with Crippen LogP contribution in [0.2, 0.25) is 0 Å². The lowest BCUT2D eigenvalue weighted by Crippen LogP contribution is -2.44. The van der Waals surface area contributed by atoms with E-state index in [0.717, 1.165) is 17.7 Å². The first-order chi connectivity index (χ1) is 12.8. The van der Waals surface area contributed by atoms with Crippen molar-refractivity contribution in [2.45, 2.75) is 12.4 Å². The first kappa shape index (κ1) is 17.4. The van der Waals surface area contributed by atoms with E-state index >= 15 is 0 Å². The highest BCUT2D eigenvalue weighted by Gasteiger charge is 2.41. The Kier molecular flexibility index (Phi) is 4.06. The van der Waals surface area contributed by atoms with E-state index in [1.54, 1.807) is 0 Å². The van der Waals surface area contributed by atoms with Crippen LogP contribution in [0.15, 0.2) is 52.4 Å². The number of hydrogen-bond donors (Lipinski definition) is 2. The Labute approximate surface area is 155 Å². The van der Waals surface area contributed by atoms with Gasteiger partial charge in [0.15, 0.2) is 0 Å². The van der Waals surface area contributed by atoms with Gasteiger partial charge in [-0.1, -0.05) is 0 Å². The summed E-state index contributed by atoms with van der Waals surface area (Å²) in [7, 11) is 0. The van der Waals surface area contributed by atoms with Crippen LogP contribution >= 0.6 is 11.3 Å². The average Bonchev–Trinajstić information content (AvgIpc) is 3.22. The van der Waals surface area contributed by atoms with Crippen molar-refractivity contribution in [1.82, 2.24) is 10.6 Å². The zero-order chi connectivity index (χ0) is 19.2. The number of nitrogens with one attached hydrogen (secondary N) is 2. The molecule has 3 amide bonds. The topological polar surface area (TPSA) is 70.7 Å². The largest absolute Gasteiger partial charge is 0.573 e. The number of benzene rings is 1. The molecule has 2 aliphatic heterocycles. The maximum Gasteiger partial charge on any atom is 0.573 e. The molecule has 27 heavy (non-hydrogen) atoms. The smallest absolute Gasteiger partial charge is 0.406 e. The van der Waals surface area contributed by atoms with Gasteiger partial charge >= 0.3 is 12.4 Å². The third-order valence-corrected chi connectivity index (χ3v) is 4.91. The molecule has 3 heterocycles. The Morgan fingerprint density at radius 2 is 1.89 bits per heavy atom. The van der Waals surface area contributed by atoms with Crippen LogP contribution in [0.25, 0.3) is 0 Å². The number of amides is 3.